The Kier molecular flexibility index (Phi) is 6.46. The van der Waals surface area contributed by atoms with Crippen LogP contribution in [0.4, 0.5) is 10.5 Å². The number of carbonyl (C=O) groups excluding carboxylic acids is 4. The van der Waals surface area contributed by atoms with Gasteiger partial charge in [0.05, 0.1) is 30.7 Å². The predicted octanol–water partition coefficient (Wildman–Crippen LogP) is 5.56. The molecule has 9 heteroatoms. The molecule has 0 saturated carbocycles. The van der Waals surface area contributed by atoms with Crippen LogP contribution in [0.15, 0.2) is 72.8 Å². The first-order valence-electron chi connectivity index (χ1n) is 13.9. The number of rotatable bonds is 5. The zero-order chi connectivity index (χ0) is 30.1. The zero-order valence-electron chi connectivity index (χ0n) is 24.1. The van der Waals surface area contributed by atoms with E-state index in [0.29, 0.717) is 22.0 Å². The molecule has 0 bridgehead atoms. The molecule has 3 aromatic carbocycles. The first kappa shape index (κ1) is 28.0. The fraction of sp³-hybridized carbons (Fsp3) is 0.333. The van der Waals surface area contributed by atoms with Crippen molar-refractivity contribution in [2.24, 2.45) is 11.8 Å². The number of amides is 5. The zero-order valence-corrected chi connectivity index (χ0v) is 24.9. The van der Waals surface area contributed by atoms with Crippen molar-refractivity contribution in [1.29, 1.82) is 0 Å². The maximum atomic E-state index is 14.8. The lowest BCUT2D eigenvalue weighted by molar-refractivity contribution is -0.149. The monoisotopic (exact) mass is 585 g/mol. The third-order valence-electron chi connectivity index (χ3n) is 8.69. The van der Waals surface area contributed by atoms with Crippen LogP contribution < -0.4 is 9.64 Å². The molecular formula is C33H32ClN3O5. The van der Waals surface area contributed by atoms with Crippen molar-refractivity contribution in [1.82, 2.24) is 9.80 Å². The van der Waals surface area contributed by atoms with Gasteiger partial charge in [-0.3, -0.25) is 19.3 Å². The number of urea groups is 1. The van der Waals surface area contributed by atoms with Crippen molar-refractivity contribution in [2.75, 3.05) is 12.0 Å². The van der Waals surface area contributed by atoms with E-state index in [-0.39, 0.29) is 12.3 Å². The van der Waals surface area contributed by atoms with Gasteiger partial charge < -0.3 is 9.64 Å². The van der Waals surface area contributed by atoms with Crippen LogP contribution in [0.1, 0.15) is 43.5 Å². The molecule has 0 N–H and O–H groups in total. The number of anilines is 1. The number of benzene rings is 3. The SMILES string of the molecule is COc1ccc([C@@H]2[C@@H]3C(=O)N(C(C)(C)C)C(=O)[C@@H]3[C@]3(Cc4ccc(Cl)cc4)C(=O)N(c4ccc(C)cc4)C(=O)N23)cc1. The van der Waals surface area contributed by atoms with Gasteiger partial charge in [-0.05, 0) is 75.2 Å². The number of carbonyl (C=O) groups is 4. The number of imide groups is 2. The van der Waals surface area contributed by atoms with E-state index in [1.165, 1.54) is 14.7 Å². The molecule has 3 aliphatic rings. The summed E-state index contributed by atoms with van der Waals surface area (Å²) >= 11 is 6.18. The number of nitrogens with zero attached hydrogens (tertiary/aromatic N) is 3. The summed E-state index contributed by atoms with van der Waals surface area (Å²) in [5.41, 5.74) is 0.292. The maximum absolute atomic E-state index is 14.8. The smallest absolute Gasteiger partial charge is 0.332 e. The van der Waals surface area contributed by atoms with E-state index in [4.69, 9.17) is 16.3 Å². The summed E-state index contributed by atoms with van der Waals surface area (Å²) in [7, 11) is 1.56. The molecule has 0 spiro atoms. The average molecular weight is 586 g/mol. The van der Waals surface area contributed by atoms with E-state index in [9.17, 15) is 19.2 Å². The number of aryl methyl sites for hydroxylation is 1. The van der Waals surface area contributed by atoms with Crippen LogP contribution in [0.5, 0.6) is 5.75 Å². The average Bonchev–Trinajstić information content (AvgIpc) is 3.48. The quantitative estimate of drug-likeness (QED) is 0.289. The Morgan fingerprint density at radius 3 is 2.05 bits per heavy atom. The van der Waals surface area contributed by atoms with Crippen molar-refractivity contribution >= 4 is 41.0 Å². The number of ether oxygens (including phenoxy) is 1. The topological polar surface area (TPSA) is 87.2 Å². The minimum Gasteiger partial charge on any atom is -0.497 e. The Balaban J connectivity index is 1.61. The third-order valence-corrected chi connectivity index (χ3v) is 8.94. The van der Waals surface area contributed by atoms with Gasteiger partial charge in [-0.15, -0.1) is 0 Å². The van der Waals surface area contributed by atoms with Gasteiger partial charge in [0.1, 0.15) is 11.3 Å². The Morgan fingerprint density at radius 1 is 0.857 bits per heavy atom. The summed E-state index contributed by atoms with van der Waals surface area (Å²) in [4.78, 5) is 61.9. The van der Waals surface area contributed by atoms with Crippen LogP contribution >= 0.6 is 11.6 Å². The Morgan fingerprint density at radius 2 is 1.48 bits per heavy atom. The molecule has 0 aliphatic carbocycles. The molecule has 3 fully saturated rings. The highest BCUT2D eigenvalue weighted by Crippen LogP contribution is 2.60. The van der Waals surface area contributed by atoms with E-state index >= 15 is 0 Å². The Labute approximate surface area is 249 Å². The summed E-state index contributed by atoms with van der Waals surface area (Å²) in [5.74, 6) is -2.76. The molecule has 5 amide bonds. The van der Waals surface area contributed by atoms with E-state index in [1.807, 2.05) is 19.1 Å². The number of likely N-dealkylation sites (tertiary alicyclic amines) is 1. The molecule has 42 heavy (non-hydrogen) atoms. The summed E-state index contributed by atoms with van der Waals surface area (Å²) in [5, 5.41) is 0.523. The lowest BCUT2D eigenvalue weighted by Gasteiger charge is -2.38. The summed E-state index contributed by atoms with van der Waals surface area (Å²) < 4.78 is 5.35. The molecule has 6 rings (SSSR count). The third kappa shape index (κ3) is 3.96. The van der Waals surface area contributed by atoms with Crippen molar-refractivity contribution in [2.45, 2.75) is 51.2 Å². The predicted molar refractivity (Wildman–Crippen MR) is 158 cm³/mol. The van der Waals surface area contributed by atoms with E-state index < -0.39 is 46.8 Å². The molecule has 216 valence electrons. The first-order chi connectivity index (χ1) is 19.9. The van der Waals surface area contributed by atoms with Gasteiger partial charge in [0.2, 0.25) is 11.8 Å². The van der Waals surface area contributed by atoms with E-state index in [2.05, 4.69) is 0 Å². The van der Waals surface area contributed by atoms with Crippen molar-refractivity contribution in [3.05, 3.63) is 94.5 Å². The first-order valence-corrected chi connectivity index (χ1v) is 14.3. The molecule has 3 aliphatic heterocycles. The molecule has 8 nitrogen and oxygen atoms in total. The normalized spacial score (nSPS) is 25.4. The van der Waals surface area contributed by atoms with E-state index in [0.717, 1.165) is 11.1 Å². The van der Waals surface area contributed by atoms with Crippen molar-refractivity contribution < 1.29 is 23.9 Å². The molecule has 3 heterocycles. The number of methoxy groups -OCH3 is 1. The van der Waals surface area contributed by atoms with Gasteiger partial charge in [-0.25, -0.2) is 9.69 Å². The number of halogens is 1. The minimum absolute atomic E-state index is 0.0436. The largest absolute Gasteiger partial charge is 0.497 e. The van der Waals surface area contributed by atoms with Crippen LogP contribution in [-0.4, -0.2) is 51.7 Å². The summed E-state index contributed by atoms with van der Waals surface area (Å²) in [6.07, 6.45) is 0.0436. The number of fused-ring (bicyclic) bond motifs is 3. The van der Waals surface area contributed by atoms with Crippen molar-refractivity contribution in [3.8, 4) is 5.75 Å². The maximum Gasteiger partial charge on any atom is 0.332 e. The van der Waals surface area contributed by atoms with Crippen LogP contribution in [0.3, 0.4) is 0 Å². The molecule has 0 radical (unpaired) electrons. The fourth-order valence-electron chi connectivity index (χ4n) is 6.91. The summed E-state index contributed by atoms with van der Waals surface area (Å²) in [6, 6.07) is 19.8. The Hall–Kier alpha value is -4.17. The van der Waals surface area contributed by atoms with Crippen LogP contribution in [0.25, 0.3) is 0 Å². The van der Waals surface area contributed by atoms with Crippen molar-refractivity contribution in [3.63, 3.8) is 0 Å². The highest BCUT2D eigenvalue weighted by atomic mass is 35.5. The van der Waals surface area contributed by atoms with Gasteiger partial charge in [-0.2, -0.15) is 0 Å². The lowest BCUT2D eigenvalue weighted by atomic mass is 9.75. The van der Waals surface area contributed by atoms with Gasteiger partial charge in [0, 0.05) is 17.0 Å². The van der Waals surface area contributed by atoms with Gasteiger partial charge in [-0.1, -0.05) is 53.6 Å². The molecule has 0 unspecified atom stereocenters. The minimum atomic E-state index is -1.64. The van der Waals surface area contributed by atoms with Crippen LogP contribution in [0, 0.1) is 18.8 Å². The second kappa shape index (κ2) is 9.70. The highest BCUT2D eigenvalue weighted by Gasteiger charge is 2.77. The molecule has 4 atom stereocenters. The molecule has 3 aromatic rings. The van der Waals surface area contributed by atoms with Gasteiger partial charge in [0.15, 0.2) is 0 Å². The fourth-order valence-corrected chi connectivity index (χ4v) is 7.03. The van der Waals surface area contributed by atoms with Crippen LogP contribution in [0.2, 0.25) is 5.02 Å². The lowest BCUT2D eigenvalue weighted by Crippen LogP contribution is -2.57. The molecule has 0 aromatic heterocycles. The Bertz CT molecular complexity index is 1600. The van der Waals surface area contributed by atoms with E-state index in [1.54, 1.807) is 88.5 Å². The second-order valence-corrected chi connectivity index (χ2v) is 12.7. The summed E-state index contributed by atoms with van der Waals surface area (Å²) in [6.45, 7) is 7.33. The standard InChI is InChI=1S/C33H32ClN3O5/c1-19-6-14-23(15-7-19)35-30(40)33(18-20-8-12-22(34)13-9-20)26-25(28(38)37(29(26)39)32(2,3)4)27(36(33)31(35)41)21-10-16-24(42-5)17-11-21/h6-17,25-27H,18H2,1-5H3/t25-,26-,27-,33-/m1/s1. The second-order valence-electron chi connectivity index (χ2n) is 12.3. The molecular weight excluding hydrogens is 554 g/mol. The molecule has 3 saturated heterocycles. The van der Waals surface area contributed by atoms with Crippen LogP contribution in [-0.2, 0) is 20.8 Å². The number of hydrogen-bond donors (Lipinski definition) is 0. The highest BCUT2D eigenvalue weighted by molar-refractivity contribution is 6.30. The van der Waals surface area contributed by atoms with Gasteiger partial charge >= 0.3 is 6.03 Å². The van der Waals surface area contributed by atoms with Gasteiger partial charge in [0.25, 0.3) is 5.91 Å². The number of hydrogen-bond acceptors (Lipinski definition) is 5.